The highest BCUT2D eigenvalue weighted by Crippen LogP contribution is 2.49. The van der Waals surface area contributed by atoms with Crippen LogP contribution in [0.1, 0.15) is 95.5 Å². The molecule has 5 saturated heterocycles. The highest BCUT2D eigenvalue weighted by Gasteiger charge is 2.63. The number of amides is 2. The largest absolute Gasteiger partial charge is 0.460 e. The predicted octanol–water partition coefficient (Wildman–Crippen LogP) is 3.75. The van der Waals surface area contributed by atoms with Crippen molar-refractivity contribution < 1.29 is 68.6 Å². The van der Waals surface area contributed by atoms with Crippen molar-refractivity contribution in [3.63, 3.8) is 0 Å². The Hall–Kier alpha value is -4.53. The number of nitrogens with one attached hydrogen (secondary N) is 2. The molecule has 5 aliphatic heterocycles. The van der Waals surface area contributed by atoms with Crippen molar-refractivity contribution in [3.05, 3.63) is 25.3 Å². The number of imidazole rings is 2. The Kier molecular flexibility index (Phi) is 20.1. The number of carbonyl (C=O) groups excluding carboxylic acids is 2. The molecule has 5 fully saturated rings. The van der Waals surface area contributed by atoms with Crippen LogP contribution in [0.4, 0.5) is 11.6 Å². The first kappa shape index (κ1) is 64.5. The van der Waals surface area contributed by atoms with Gasteiger partial charge in [0, 0.05) is 38.0 Å². The monoisotopic (exact) mass is 1270 g/mol. The fourth-order valence-electron chi connectivity index (χ4n) is 10.6. The minimum absolute atomic E-state index is 0.00683. The molecular weight excluding hydrogens is 1190 g/mol. The second-order valence-corrected chi connectivity index (χ2v) is 37.4. The van der Waals surface area contributed by atoms with E-state index in [1.165, 1.54) is 23.5 Å². The van der Waals surface area contributed by atoms with Gasteiger partial charge in [0.25, 0.3) is 10.3 Å². The molecule has 4 aromatic heterocycles. The van der Waals surface area contributed by atoms with E-state index in [9.17, 15) is 36.6 Å². The zero-order valence-electron chi connectivity index (χ0n) is 48.8. The van der Waals surface area contributed by atoms with Gasteiger partial charge in [-0.15, -0.1) is 0 Å². The quantitative estimate of drug-likeness (QED) is 0.109. The van der Waals surface area contributed by atoms with Gasteiger partial charge in [-0.25, -0.2) is 46.7 Å². The highest BCUT2D eigenvalue weighted by molar-refractivity contribution is 7.91. The molecule has 2 unspecified atom stereocenters. The predicted molar refractivity (Wildman–Crippen MR) is 318 cm³/mol. The van der Waals surface area contributed by atoms with E-state index in [0.29, 0.717) is 22.3 Å². The minimum atomic E-state index is -3.14. The third-order valence-corrected chi connectivity index (χ3v) is 29.8. The lowest BCUT2D eigenvalue weighted by Gasteiger charge is -2.51. The molecule has 0 saturated carbocycles. The molecule has 2 amide bonds. The summed E-state index contributed by atoms with van der Waals surface area (Å²) >= 11 is 11.2. The van der Waals surface area contributed by atoms with Gasteiger partial charge in [0.2, 0.25) is 11.8 Å². The fourth-order valence-corrected chi connectivity index (χ4v) is 24.8. The first-order valence-electron chi connectivity index (χ1n) is 27.9. The number of ether oxygens (including phenoxy) is 4. The Balaban J connectivity index is 0.000000231. The zero-order chi connectivity index (χ0) is 60.7. The number of nitrogens with zero attached hydrogens (tertiary/aromatic N) is 10. The lowest BCUT2D eigenvalue weighted by molar-refractivity contribution is -0.119. The van der Waals surface area contributed by atoms with Crippen molar-refractivity contribution in [3.8, 4) is 0 Å². The Morgan fingerprint density at radius 2 is 1.07 bits per heavy atom. The van der Waals surface area contributed by atoms with Crippen LogP contribution in [0, 0.1) is 11.8 Å². The van der Waals surface area contributed by atoms with Gasteiger partial charge in [0.15, 0.2) is 78.3 Å². The van der Waals surface area contributed by atoms with Crippen molar-refractivity contribution in [2.45, 2.75) is 154 Å². The Morgan fingerprint density at radius 1 is 0.651 bits per heavy atom. The number of aliphatic hydroxyl groups excluding tert-OH is 2. The van der Waals surface area contributed by atoms with Gasteiger partial charge in [0.05, 0.1) is 48.9 Å². The van der Waals surface area contributed by atoms with Gasteiger partial charge in [0.1, 0.15) is 37.1 Å². The summed E-state index contributed by atoms with van der Waals surface area (Å²) in [5.41, 5.74) is 1.87. The normalized spacial score (nSPS) is 26.7. The molecule has 5 aliphatic rings. The molecule has 4 N–H and O–H groups in total. The molecule has 9 heterocycles. The third-order valence-electron chi connectivity index (χ3n) is 15.6. The number of rotatable bonds is 13. The molecule has 0 radical (unpaired) electrons. The Bertz CT molecular complexity index is 3200. The molecule has 8 atom stereocenters. The van der Waals surface area contributed by atoms with E-state index < -0.39 is 92.5 Å². The van der Waals surface area contributed by atoms with Crippen LogP contribution >= 0.6 is 24.4 Å². The van der Waals surface area contributed by atoms with Crippen LogP contribution in [-0.4, -0.2) is 214 Å². The molecule has 27 nitrogen and oxygen atoms in total. The van der Waals surface area contributed by atoms with E-state index in [1.807, 2.05) is 0 Å². The first-order valence-corrected chi connectivity index (χ1v) is 36.3. The van der Waals surface area contributed by atoms with Crippen LogP contribution in [0.25, 0.3) is 22.3 Å². The first-order chi connectivity index (χ1) is 39.0. The fraction of sp³-hybridized carbons (Fsp3) is 0.720. The van der Waals surface area contributed by atoms with Crippen LogP contribution in [0.15, 0.2) is 25.3 Å². The van der Waals surface area contributed by atoms with Gasteiger partial charge < -0.3 is 62.6 Å². The van der Waals surface area contributed by atoms with Gasteiger partial charge in [-0.3, -0.25) is 18.7 Å². The summed E-state index contributed by atoms with van der Waals surface area (Å²) in [6.07, 6.45) is -1.40. The van der Waals surface area contributed by atoms with Gasteiger partial charge in [-0.2, -0.15) is 0 Å². The average molecular weight is 1270 g/mol. The molecule has 9 rings (SSSR count). The number of aromatic nitrogens is 8. The summed E-state index contributed by atoms with van der Waals surface area (Å²) in [6, 6.07) is 0. The topological polar surface area (TPSA) is 325 Å². The number of thiocarbonyl (C=S) groups is 2. The summed E-state index contributed by atoms with van der Waals surface area (Å²) in [5.74, 6) is -0.555. The molecule has 0 aliphatic carbocycles. The number of carbonyl (C=O) groups is 2. The summed E-state index contributed by atoms with van der Waals surface area (Å²) in [6.45, 7) is 24.9. The smallest absolute Gasteiger partial charge is 0.335 e. The van der Waals surface area contributed by atoms with Crippen molar-refractivity contribution in [1.82, 2.24) is 48.8 Å². The molecule has 4 aromatic rings. The molecule has 0 aromatic carbocycles. The molecule has 0 spiro atoms. The number of sulfone groups is 2. The van der Waals surface area contributed by atoms with Crippen molar-refractivity contribution in [2.24, 2.45) is 11.8 Å². The number of hydrogen-bond acceptors (Lipinski definition) is 23. The van der Waals surface area contributed by atoms with E-state index in [0.717, 1.165) is 0 Å². The van der Waals surface area contributed by atoms with E-state index in [1.54, 1.807) is 48.4 Å². The minimum Gasteiger partial charge on any atom is -0.460 e. The average Bonchev–Trinajstić information content (AvgIpc) is 2.36. The summed E-state index contributed by atoms with van der Waals surface area (Å²) < 4.78 is 98.2. The maximum absolute atomic E-state index is 12.6. The SMILES string of the molecule is CC(C)C(=O)Nc1ncnc2c1ncn2[C@@H]1O[C@@H]2CO[Si](C(C)C)(C(C)C)O[Si](C(C)C)(C(C)C)O[C@@H]2C1OC(=S)N1CCS(=O)(=O)CC1.CC(C)C(=O)Nc1ncnc2c1ncn2[C@@H]1O[C@H](CO)[C@H](O)C1OC(=S)N1CCS(=O)(=O)CC1. The van der Waals surface area contributed by atoms with E-state index in [2.05, 4.69) is 95.9 Å². The molecule has 33 heteroatoms. The maximum Gasteiger partial charge on any atom is 0.335 e. The van der Waals surface area contributed by atoms with Crippen LogP contribution in [0.3, 0.4) is 0 Å². The highest BCUT2D eigenvalue weighted by atomic mass is 32.2. The second-order valence-electron chi connectivity index (χ2n) is 23.2. The van der Waals surface area contributed by atoms with Crippen LogP contribution < -0.4 is 10.6 Å². The van der Waals surface area contributed by atoms with Gasteiger partial charge in [-0.1, -0.05) is 83.1 Å². The van der Waals surface area contributed by atoms with Crippen LogP contribution in [0.5, 0.6) is 0 Å². The van der Waals surface area contributed by atoms with Crippen molar-refractivity contribution in [2.75, 3.05) is 73.0 Å². The van der Waals surface area contributed by atoms with E-state index in [-0.39, 0.29) is 124 Å². The standard InChI is InChI=1S/C31H52N6O8S2Si2.C19H26N6O7S2/c1-18(2)29(38)35-27-24-28(33-16-32-27)37(17-34-24)30-26(43-31(46)36-11-13-47(39,40)14-12-36)25-23(42-30)15-41-48(19(3)4,20(5)6)45-49(44-25,21(7)8)22(9)10;1-10(2)17(28)23-15-12-16(21-8-20-15)25(9-22-12)18-14(13(27)11(7-26)31-18)32-19(33)24-3-5-34(29,30)6-4-24/h16-23,25-26,30H,11-15H2,1-10H3,(H,32,33,35,38);8-11,13-14,18,26-27H,3-7H2,1-2H3,(H,20,21,23,28)/t23-,25+,26?,30-;11-,13+,14?,18-/m11/s1. The Morgan fingerprint density at radius 3 is 1.48 bits per heavy atom. The number of fused-ring (bicyclic) bond motifs is 3. The second kappa shape index (κ2) is 25.8. The van der Waals surface area contributed by atoms with E-state index >= 15 is 0 Å². The van der Waals surface area contributed by atoms with Crippen LogP contribution in [0.2, 0.25) is 22.2 Å². The van der Waals surface area contributed by atoms with Gasteiger partial charge >= 0.3 is 17.1 Å². The molecule has 0 bridgehead atoms. The number of hydrogen-bond donors (Lipinski definition) is 4. The lowest BCUT2D eigenvalue weighted by Crippen LogP contribution is -2.66. The van der Waals surface area contributed by atoms with Gasteiger partial charge in [-0.05, 0) is 46.6 Å². The molecule has 83 heavy (non-hydrogen) atoms. The van der Waals surface area contributed by atoms with Crippen molar-refractivity contribution >= 4 is 117 Å². The summed E-state index contributed by atoms with van der Waals surface area (Å²) in [5, 5.41) is 26.2. The zero-order valence-corrected chi connectivity index (χ0v) is 54.0. The number of aliphatic hydroxyl groups is 2. The van der Waals surface area contributed by atoms with Crippen molar-refractivity contribution in [1.29, 1.82) is 0 Å². The number of anilines is 2. The van der Waals surface area contributed by atoms with Crippen LogP contribution in [-0.2, 0) is 61.2 Å². The summed E-state index contributed by atoms with van der Waals surface area (Å²) in [7, 11) is -12.2. The maximum atomic E-state index is 12.6. The Labute approximate surface area is 496 Å². The third kappa shape index (κ3) is 13.5. The molecular formula is C50H78N12O15S4Si2. The lowest BCUT2D eigenvalue weighted by atomic mass is 10.1. The molecule has 460 valence electrons. The van der Waals surface area contributed by atoms with E-state index in [4.69, 9.17) is 56.4 Å². The summed E-state index contributed by atoms with van der Waals surface area (Å²) in [4.78, 5) is 54.2.